The molecule has 1 N–H and O–H groups in total. The van der Waals surface area contributed by atoms with Gasteiger partial charge in [-0.05, 0) is 6.92 Å². The van der Waals surface area contributed by atoms with E-state index in [0.29, 0.717) is 6.61 Å². The third-order valence-electron chi connectivity index (χ3n) is 0.587. The van der Waals surface area contributed by atoms with Crippen molar-refractivity contribution in [3.05, 3.63) is 0 Å². The second kappa shape index (κ2) is 5.56. The maximum Gasteiger partial charge on any atom is 0.201 e. The van der Waals surface area contributed by atoms with E-state index in [1.54, 1.807) is 13.0 Å². The predicted octanol–water partition coefficient (Wildman–Crippen LogP) is 0.362. The minimum absolute atomic E-state index is 0.0654. The molecule has 0 heterocycles. The van der Waals surface area contributed by atoms with Gasteiger partial charge >= 0.3 is 0 Å². The number of hydrogen-bond donors (Lipinski definition) is 1. The molecule has 0 saturated heterocycles. The summed E-state index contributed by atoms with van der Waals surface area (Å²) < 4.78 is 0. The van der Waals surface area contributed by atoms with Gasteiger partial charge in [0.15, 0.2) is 0 Å². The Morgan fingerprint density at radius 2 is 2.60 bits per heavy atom. The quantitative estimate of drug-likeness (QED) is 0.350. The van der Waals surface area contributed by atoms with E-state index >= 15 is 0 Å². The maximum absolute atomic E-state index is 8.22. The van der Waals surface area contributed by atoms with Crippen LogP contribution in [0.4, 0.5) is 0 Å². The van der Waals surface area contributed by atoms with E-state index in [2.05, 4.69) is 15.1 Å². The van der Waals surface area contributed by atoms with Crippen LogP contribution in [0.25, 0.3) is 0 Å². The summed E-state index contributed by atoms with van der Waals surface area (Å²) in [6.07, 6.45) is 0.898. The van der Waals surface area contributed by atoms with Crippen molar-refractivity contribution >= 4 is 11.9 Å². The molecule has 0 aliphatic carbocycles. The highest BCUT2D eigenvalue weighted by atomic mass is 16.6. The van der Waals surface area contributed by atoms with Crippen molar-refractivity contribution in [1.29, 1.82) is 5.26 Å². The first kappa shape index (κ1) is 8.43. The van der Waals surface area contributed by atoms with Crippen LogP contribution in [0.15, 0.2) is 10.3 Å². The first-order valence-corrected chi connectivity index (χ1v) is 2.62. The SMILES string of the molecule is CCON=C(C#N)C=NO. The Hall–Kier alpha value is -1.57. The van der Waals surface area contributed by atoms with E-state index in [0.717, 1.165) is 6.21 Å². The van der Waals surface area contributed by atoms with E-state index in [9.17, 15) is 0 Å². The zero-order chi connectivity index (χ0) is 7.82. The first-order chi connectivity index (χ1) is 4.85. The lowest BCUT2D eigenvalue weighted by molar-refractivity contribution is 0.160. The summed E-state index contributed by atoms with van der Waals surface area (Å²) in [5.41, 5.74) is -0.0654. The highest BCUT2D eigenvalue weighted by Gasteiger charge is 1.90. The van der Waals surface area contributed by atoms with Crippen molar-refractivity contribution in [3.63, 3.8) is 0 Å². The maximum atomic E-state index is 8.22. The van der Waals surface area contributed by atoms with Crippen molar-refractivity contribution in [2.75, 3.05) is 6.61 Å². The van der Waals surface area contributed by atoms with Gasteiger partial charge in [0.1, 0.15) is 18.9 Å². The molecule has 0 aromatic carbocycles. The van der Waals surface area contributed by atoms with Gasteiger partial charge in [-0.2, -0.15) is 5.26 Å². The van der Waals surface area contributed by atoms with Gasteiger partial charge in [0, 0.05) is 0 Å². The summed E-state index contributed by atoms with van der Waals surface area (Å²) >= 11 is 0. The topological polar surface area (TPSA) is 78.0 Å². The Morgan fingerprint density at radius 1 is 1.90 bits per heavy atom. The molecular weight excluding hydrogens is 134 g/mol. The van der Waals surface area contributed by atoms with Crippen LogP contribution in [-0.2, 0) is 4.84 Å². The molecule has 0 unspecified atom stereocenters. The molecule has 5 nitrogen and oxygen atoms in total. The van der Waals surface area contributed by atoms with Gasteiger partial charge in [-0.1, -0.05) is 10.3 Å². The molecule has 10 heavy (non-hydrogen) atoms. The van der Waals surface area contributed by atoms with Crippen LogP contribution < -0.4 is 0 Å². The van der Waals surface area contributed by atoms with Crippen LogP contribution in [0.3, 0.4) is 0 Å². The highest BCUT2D eigenvalue weighted by molar-refractivity contribution is 6.37. The summed E-state index contributed by atoms with van der Waals surface area (Å²) in [4.78, 5) is 4.50. The number of rotatable bonds is 3. The van der Waals surface area contributed by atoms with Crippen molar-refractivity contribution in [3.8, 4) is 6.07 Å². The Bertz CT molecular complexity index is 180. The number of oxime groups is 2. The monoisotopic (exact) mass is 141 g/mol. The molecule has 0 rings (SSSR count). The van der Waals surface area contributed by atoms with Crippen molar-refractivity contribution in [2.45, 2.75) is 6.92 Å². The largest absolute Gasteiger partial charge is 0.411 e. The molecule has 0 radical (unpaired) electrons. The van der Waals surface area contributed by atoms with E-state index in [1.165, 1.54) is 0 Å². The Morgan fingerprint density at radius 3 is 3.00 bits per heavy atom. The van der Waals surface area contributed by atoms with Crippen LogP contribution in [0, 0.1) is 11.3 Å². The molecule has 0 aromatic heterocycles. The number of nitriles is 1. The van der Waals surface area contributed by atoms with E-state index in [4.69, 9.17) is 10.5 Å². The fourth-order valence-electron chi connectivity index (χ4n) is 0.262. The van der Waals surface area contributed by atoms with Gasteiger partial charge in [0.25, 0.3) is 0 Å². The molecule has 0 amide bonds. The predicted molar refractivity (Wildman–Crippen MR) is 35.0 cm³/mol. The Labute approximate surface area is 58.2 Å². The summed E-state index contributed by atoms with van der Waals surface area (Å²) in [5, 5.41) is 22.1. The fourth-order valence-corrected chi connectivity index (χ4v) is 0.262. The molecular formula is C5H7N3O2. The number of hydrogen-bond acceptors (Lipinski definition) is 5. The Kier molecular flexibility index (Phi) is 4.69. The van der Waals surface area contributed by atoms with Crippen molar-refractivity contribution < 1.29 is 10.0 Å². The van der Waals surface area contributed by atoms with E-state index in [1.807, 2.05) is 0 Å². The third kappa shape index (κ3) is 3.43. The van der Waals surface area contributed by atoms with Crippen LogP contribution in [0.1, 0.15) is 6.92 Å². The lowest BCUT2D eigenvalue weighted by Gasteiger charge is -1.88. The molecule has 0 aromatic rings. The van der Waals surface area contributed by atoms with Crippen LogP contribution in [0.2, 0.25) is 0 Å². The molecule has 0 bridgehead atoms. The smallest absolute Gasteiger partial charge is 0.201 e. The highest BCUT2D eigenvalue weighted by Crippen LogP contribution is 1.76. The average molecular weight is 141 g/mol. The number of nitrogens with zero attached hydrogens (tertiary/aromatic N) is 3. The van der Waals surface area contributed by atoms with E-state index in [-0.39, 0.29) is 5.71 Å². The van der Waals surface area contributed by atoms with Gasteiger partial charge in [0.2, 0.25) is 5.71 Å². The minimum atomic E-state index is -0.0654. The molecule has 0 aliphatic heterocycles. The summed E-state index contributed by atoms with van der Waals surface area (Å²) in [5.74, 6) is 0. The molecule has 0 fully saturated rings. The van der Waals surface area contributed by atoms with Gasteiger partial charge in [0.05, 0.1) is 0 Å². The molecule has 0 spiro atoms. The van der Waals surface area contributed by atoms with E-state index < -0.39 is 0 Å². The molecule has 0 atom stereocenters. The van der Waals surface area contributed by atoms with Gasteiger partial charge in [-0.15, -0.1) is 0 Å². The summed E-state index contributed by atoms with van der Waals surface area (Å²) in [6, 6.07) is 1.65. The van der Waals surface area contributed by atoms with Crippen LogP contribution in [-0.4, -0.2) is 23.7 Å². The molecule has 5 heteroatoms. The van der Waals surface area contributed by atoms with Crippen molar-refractivity contribution in [2.24, 2.45) is 10.3 Å². The molecule has 54 valence electrons. The van der Waals surface area contributed by atoms with Crippen molar-refractivity contribution in [1.82, 2.24) is 0 Å². The summed E-state index contributed by atoms with van der Waals surface area (Å²) in [6.45, 7) is 2.11. The molecule has 0 aliphatic rings. The lowest BCUT2D eigenvalue weighted by Crippen LogP contribution is -1.96. The second-order valence-corrected chi connectivity index (χ2v) is 1.25. The third-order valence-corrected chi connectivity index (χ3v) is 0.587. The zero-order valence-corrected chi connectivity index (χ0v) is 5.48. The van der Waals surface area contributed by atoms with Crippen LogP contribution in [0.5, 0.6) is 0 Å². The lowest BCUT2D eigenvalue weighted by atomic mass is 10.5. The van der Waals surface area contributed by atoms with Gasteiger partial charge in [-0.25, -0.2) is 0 Å². The second-order valence-electron chi connectivity index (χ2n) is 1.25. The fraction of sp³-hybridized carbons (Fsp3) is 0.400. The average Bonchev–Trinajstić information content (AvgIpc) is 1.98. The van der Waals surface area contributed by atoms with Crippen LogP contribution >= 0.6 is 0 Å². The van der Waals surface area contributed by atoms with Gasteiger partial charge < -0.3 is 10.0 Å². The standard InChI is InChI=1S/C5H7N3O2/c1-2-10-8-5(3-6)4-7-9/h4,9H,2H2,1H3. The molecule has 0 saturated carbocycles. The summed E-state index contributed by atoms with van der Waals surface area (Å²) in [7, 11) is 0. The first-order valence-electron chi connectivity index (χ1n) is 2.62. The normalized spacial score (nSPS) is 11.4. The Balaban J connectivity index is 3.95. The minimum Gasteiger partial charge on any atom is -0.411 e. The van der Waals surface area contributed by atoms with Gasteiger partial charge in [-0.3, -0.25) is 0 Å². The zero-order valence-electron chi connectivity index (χ0n) is 5.48.